The van der Waals surface area contributed by atoms with E-state index >= 15 is 0 Å². The molecule has 1 atom stereocenters. The molecule has 0 amide bonds. The average Bonchev–Trinajstić information content (AvgIpc) is 3.02. The second kappa shape index (κ2) is 10.0. The largest absolute Gasteiger partial charge is 0.365 e. The molecule has 1 unspecified atom stereocenters. The van der Waals surface area contributed by atoms with Crippen molar-refractivity contribution < 1.29 is 8.78 Å². The Morgan fingerprint density at radius 3 is 2.68 bits per heavy atom. The normalized spacial score (nSPS) is 22.4. The highest BCUT2D eigenvalue weighted by atomic mass is 19.1. The second-order valence-corrected chi connectivity index (χ2v) is 7.64. The first-order chi connectivity index (χ1) is 13.6. The highest BCUT2D eigenvalue weighted by Gasteiger charge is 2.27. The third-order valence-corrected chi connectivity index (χ3v) is 5.54. The molecule has 1 aromatic rings. The van der Waals surface area contributed by atoms with Gasteiger partial charge in [0.05, 0.1) is 0 Å². The second-order valence-electron chi connectivity index (χ2n) is 7.64. The van der Waals surface area contributed by atoms with E-state index in [0.717, 1.165) is 51.6 Å². The maximum atomic E-state index is 14.0. The summed E-state index contributed by atoms with van der Waals surface area (Å²) in [7, 11) is 3.92. The Morgan fingerprint density at radius 1 is 1.14 bits per heavy atom. The number of para-hydroxylation sites is 1. The zero-order valence-electron chi connectivity index (χ0n) is 16.9. The molecule has 0 bridgehead atoms. The number of rotatable bonds is 5. The molecule has 156 valence electrons. The lowest BCUT2D eigenvalue weighted by Crippen LogP contribution is -2.47. The lowest BCUT2D eigenvalue weighted by Gasteiger charge is -2.23. The lowest BCUT2D eigenvalue weighted by molar-refractivity contribution is 0.280. The zero-order chi connectivity index (χ0) is 19.9. The molecule has 0 spiro atoms. The Bertz CT molecular complexity index is 648. The van der Waals surface area contributed by atoms with E-state index in [0.29, 0.717) is 13.1 Å². The van der Waals surface area contributed by atoms with Gasteiger partial charge in [0.2, 0.25) is 0 Å². The average molecular weight is 395 g/mol. The van der Waals surface area contributed by atoms with Crippen LogP contribution in [0.2, 0.25) is 0 Å². The number of halogens is 2. The monoisotopic (exact) mass is 394 g/mol. The third kappa shape index (κ3) is 5.54. The number of aliphatic imine (C=N–C) groups is 1. The smallest absolute Gasteiger partial charge is 0.191 e. The molecule has 0 radical (unpaired) electrons. The molecule has 2 aliphatic rings. The van der Waals surface area contributed by atoms with Crippen LogP contribution >= 0.6 is 0 Å². The van der Waals surface area contributed by atoms with Crippen molar-refractivity contribution in [3.8, 4) is 0 Å². The van der Waals surface area contributed by atoms with Gasteiger partial charge in [-0.2, -0.15) is 0 Å². The molecule has 8 heteroatoms. The molecule has 3 rings (SSSR count). The van der Waals surface area contributed by atoms with E-state index in [2.05, 4.69) is 32.5 Å². The lowest BCUT2D eigenvalue weighted by atomic mass is 10.2. The molecule has 2 heterocycles. The number of guanidine groups is 1. The molecular weight excluding hydrogens is 362 g/mol. The van der Waals surface area contributed by atoms with Crippen LogP contribution < -0.4 is 15.5 Å². The Labute approximate surface area is 166 Å². The summed E-state index contributed by atoms with van der Waals surface area (Å²) in [6, 6.07) is 4.12. The van der Waals surface area contributed by atoms with Crippen LogP contribution in [0.15, 0.2) is 23.2 Å². The first-order valence-corrected chi connectivity index (χ1v) is 10.1. The molecule has 1 aromatic carbocycles. The van der Waals surface area contributed by atoms with Gasteiger partial charge >= 0.3 is 0 Å². The number of likely N-dealkylation sites (N-methyl/N-ethyl adjacent to an activating group) is 1. The van der Waals surface area contributed by atoms with Gasteiger partial charge < -0.3 is 25.3 Å². The van der Waals surface area contributed by atoms with Crippen LogP contribution in [0.1, 0.15) is 12.8 Å². The summed E-state index contributed by atoms with van der Waals surface area (Å²) >= 11 is 0. The van der Waals surface area contributed by atoms with Gasteiger partial charge in [-0.15, -0.1) is 0 Å². The number of benzene rings is 1. The molecule has 2 aliphatic heterocycles. The summed E-state index contributed by atoms with van der Waals surface area (Å²) in [4.78, 5) is 10.9. The number of hydrogen-bond acceptors (Lipinski definition) is 4. The van der Waals surface area contributed by atoms with E-state index in [1.165, 1.54) is 24.6 Å². The molecular formula is C20H32F2N6. The third-order valence-electron chi connectivity index (χ3n) is 5.54. The van der Waals surface area contributed by atoms with Crippen molar-refractivity contribution in [3.63, 3.8) is 0 Å². The minimum atomic E-state index is -0.508. The fraction of sp³-hybridized carbons (Fsp3) is 0.650. The standard InChI is InChI=1S/C20H32F2N6/c1-23-20(24-8-12-27-10-4-9-26(2)13-14-27)25-16-7-11-28(15-16)19-17(21)5-3-6-18(19)22/h3,5-6,16H,4,7-15H2,1-2H3,(H2,23,24,25). The Balaban J connectivity index is 1.44. The Kier molecular flexibility index (Phi) is 7.44. The molecule has 2 saturated heterocycles. The number of nitrogens with one attached hydrogen (secondary N) is 2. The Hall–Kier alpha value is -1.93. The van der Waals surface area contributed by atoms with Gasteiger partial charge in [-0.05, 0) is 45.1 Å². The van der Waals surface area contributed by atoms with Crippen molar-refractivity contribution in [2.24, 2.45) is 4.99 Å². The van der Waals surface area contributed by atoms with Crippen molar-refractivity contribution in [3.05, 3.63) is 29.8 Å². The van der Waals surface area contributed by atoms with Crippen molar-refractivity contribution in [1.82, 2.24) is 20.4 Å². The van der Waals surface area contributed by atoms with Crippen molar-refractivity contribution in [2.45, 2.75) is 18.9 Å². The number of hydrogen-bond donors (Lipinski definition) is 2. The minimum absolute atomic E-state index is 0.0703. The highest BCUT2D eigenvalue weighted by Crippen LogP contribution is 2.26. The first-order valence-electron chi connectivity index (χ1n) is 10.1. The molecule has 28 heavy (non-hydrogen) atoms. The fourth-order valence-corrected chi connectivity index (χ4v) is 3.92. The van der Waals surface area contributed by atoms with E-state index in [-0.39, 0.29) is 11.7 Å². The summed E-state index contributed by atoms with van der Waals surface area (Å²) in [6.07, 6.45) is 2.01. The van der Waals surface area contributed by atoms with Gasteiger partial charge in [-0.1, -0.05) is 6.07 Å². The minimum Gasteiger partial charge on any atom is -0.365 e. The fourth-order valence-electron chi connectivity index (χ4n) is 3.92. The van der Waals surface area contributed by atoms with Crippen molar-refractivity contribution in [2.75, 3.05) is 71.4 Å². The summed E-state index contributed by atoms with van der Waals surface area (Å²) in [5.41, 5.74) is 0.0703. The van der Waals surface area contributed by atoms with Crippen LogP contribution in [-0.2, 0) is 0 Å². The predicted molar refractivity (Wildman–Crippen MR) is 110 cm³/mol. The van der Waals surface area contributed by atoms with Gasteiger partial charge in [0.25, 0.3) is 0 Å². The SMILES string of the molecule is CN=C(NCCN1CCCN(C)CC1)NC1CCN(c2c(F)cccc2F)C1. The molecule has 0 aliphatic carbocycles. The molecule has 0 aromatic heterocycles. The van der Waals surface area contributed by atoms with Crippen LogP contribution in [0.4, 0.5) is 14.5 Å². The van der Waals surface area contributed by atoms with E-state index in [1.807, 2.05) is 0 Å². The van der Waals surface area contributed by atoms with Gasteiger partial charge in [0.1, 0.15) is 17.3 Å². The van der Waals surface area contributed by atoms with E-state index in [4.69, 9.17) is 0 Å². The first kappa shape index (κ1) is 20.8. The van der Waals surface area contributed by atoms with E-state index in [9.17, 15) is 8.78 Å². The van der Waals surface area contributed by atoms with Crippen LogP contribution in [0, 0.1) is 11.6 Å². The van der Waals surface area contributed by atoms with Crippen molar-refractivity contribution in [1.29, 1.82) is 0 Å². The van der Waals surface area contributed by atoms with Crippen LogP contribution in [0.5, 0.6) is 0 Å². The zero-order valence-corrected chi connectivity index (χ0v) is 16.9. The number of nitrogens with zero attached hydrogens (tertiary/aromatic N) is 4. The van der Waals surface area contributed by atoms with Gasteiger partial charge in [0, 0.05) is 52.4 Å². The maximum absolute atomic E-state index is 14.0. The van der Waals surface area contributed by atoms with Crippen LogP contribution in [0.25, 0.3) is 0 Å². The summed E-state index contributed by atoms with van der Waals surface area (Å²) < 4.78 is 28.0. The van der Waals surface area contributed by atoms with E-state index < -0.39 is 11.6 Å². The number of anilines is 1. The summed E-state index contributed by atoms with van der Waals surface area (Å²) in [5.74, 6) is -0.273. The van der Waals surface area contributed by atoms with Crippen LogP contribution in [-0.4, -0.2) is 88.3 Å². The van der Waals surface area contributed by atoms with Gasteiger partial charge in [-0.3, -0.25) is 4.99 Å². The molecule has 6 nitrogen and oxygen atoms in total. The van der Waals surface area contributed by atoms with Crippen LogP contribution in [0.3, 0.4) is 0 Å². The highest BCUT2D eigenvalue weighted by molar-refractivity contribution is 5.80. The molecule has 0 saturated carbocycles. The summed E-state index contributed by atoms with van der Waals surface area (Å²) in [5, 5.41) is 6.76. The van der Waals surface area contributed by atoms with Gasteiger partial charge in [-0.25, -0.2) is 8.78 Å². The summed E-state index contributed by atoms with van der Waals surface area (Å²) in [6.45, 7) is 7.46. The topological polar surface area (TPSA) is 46.1 Å². The van der Waals surface area contributed by atoms with E-state index in [1.54, 1.807) is 11.9 Å². The quantitative estimate of drug-likeness (QED) is 0.583. The Morgan fingerprint density at radius 2 is 1.93 bits per heavy atom. The molecule has 2 N–H and O–H groups in total. The maximum Gasteiger partial charge on any atom is 0.191 e. The van der Waals surface area contributed by atoms with Crippen molar-refractivity contribution >= 4 is 11.6 Å². The van der Waals surface area contributed by atoms with Gasteiger partial charge in [0.15, 0.2) is 5.96 Å². The molecule has 2 fully saturated rings. The predicted octanol–water partition coefficient (Wildman–Crippen LogP) is 1.35.